The number of rotatable bonds is 2. The number of halogens is 1. The van der Waals surface area contributed by atoms with Crippen LogP contribution in [-0.2, 0) is 20.7 Å². The number of fused-ring (bicyclic) bond motifs is 4. The molecule has 0 aliphatic carbocycles. The fourth-order valence-corrected chi connectivity index (χ4v) is 5.58. The molecule has 11 heteroatoms. The number of benzene rings is 2. The van der Waals surface area contributed by atoms with E-state index in [2.05, 4.69) is 5.32 Å². The van der Waals surface area contributed by atoms with Gasteiger partial charge in [-0.05, 0) is 49.7 Å². The lowest BCUT2D eigenvalue weighted by Gasteiger charge is -2.56. The molecule has 5 rings (SSSR count). The van der Waals surface area contributed by atoms with Gasteiger partial charge in [-0.3, -0.25) is 25.0 Å². The number of non-ortho nitro benzene ring substituents is 1. The summed E-state index contributed by atoms with van der Waals surface area (Å²) in [5.74, 6) is -1.45. The van der Waals surface area contributed by atoms with E-state index >= 15 is 0 Å². The third-order valence-corrected chi connectivity index (χ3v) is 6.99. The number of carbonyl (C=O) groups is 3. The molecule has 0 bridgehead atoms. The summed E-state index contributed by atoms with van der Waals surface area (Å²) in [6.07, 6.45) is -0.864. The van der Waals surface area contributed by atoms with E-state index in [1.807, 2.05) is 11.8 Å². The van der Waals surface area contributed by atoms with Crippen molar-refractivity contribution in [3.63, 3.8) is 0 Å². The van der Waals surface area contributed by atoms with Crippen LogP contribution in [-0.4, -0.2) is 47.6 Å². The Labute approximate surface area is 199 Å². The fourth-order valence-electron chi connectivity index (χ4n) is 5.45. The topological polar surface area (TPSA) is 122 Å². The normalized spacial score (nSPS) is 28.4. The quantitative estimate of drug-likeness (QED) is 0.395. The first-order chi connectivity index (χ1) is 16.1. The average molecular weight is 485 g/mol. The Bertz CT molecular complexity index is 1230. The number of ether oxygens (including phenoxy) is 1. The summed E-state index contributed by atoms with van der Waals surface area (Å²) < 4.78 is 6.04. The fraction of sp³-hybridized carbons (Fsp3) is 0.348. The van der Waals surface area contributed by atoms with Crippen molar-refractivity contribution in [1.82, 2.24) is 5.32 Å². The zero-order chi connectivity index (χ0) is 24.4. The summed E-state index contributed by atoms with van der Waals surface area (Å²) in [6.45, 7) is 4.04. The number of imide groups is 2. The molecule has 3 aliphatic heterocycles. The van der Waals surface area contributed by atoms with Gasteiger partial charge in [-0.25, -0.2) is 9.69 Å². The molecule has 3 heterocycles. The third-order valence-electron chi connectivity index (χ3n) is 6.74. The second kappa shape index (κ2) is 7.78. The van der Waals surface area contributed by atoms with Gasteiger partial charge in [0.1, 0.15) is 0 Å². The first-order valence-corrected chi connectivity index (χ1v) is 11.2. The van der Waals surface area contributed by atoms with E-state index < -0.39 is 40.3 Å². The summed E-state index contributed by atoms with van der Waals surface area (Å²) in [7, 11) is 0. The second-order valence-corrected chi connectivity index (χ2v) is 9.28. The van der Waals surface area contributed by atoms with E-state index in [-0.39, 0.29) is 23.9 Å². The highest BCUT2D eigenvalue weighted by Crippen LogP contribution is 2.49. The molecule has 0 aromatic heterocycles. The standard InChI is InChI=1S/C23H21ClN4O6/c1-12-11-26-18-8-7-17(28(32)33)9-14(18)10-23(19(26)13(2)34-12)20(29)25-22(31)27(21(23)30)16-5-3-15(24)4-6-16/h3-9,12-13,19H,10-11H2,1-2H3,(H,25,29,31)/t12-,13+,19-,23-/m1/s1. The van der Waals surface area contributed by atoms with Crippen LogP contribution in [0.1, 0.15) is 19.4 Å². The highest BCUT2D eigenvalue weighted by molar-refractivity contribution is 6.32. The zero-order valence-corrected chi connectivity index (χ0v) is 19.1. The molecule has 2 saturated heterocycles. The van der Waals surface area contributed by atoms with E-state index in [0.29, 0.717) is 22.8 Å². The molecule has 0 saturated carbocycles. The smallest absolute Gasteiger partial charge is 0.335 e. The number of amides is 4. The van der Waals surface area contributed by atoms with Crippen molar-refractivity contribution < 1.29 is 24.0 Å². The summed E-state index contributed by atoms with van der Waals surface area (Å²) in [6, 6.07) is 8.97. The maximum Gasteiger partial charge on any atom is 0.335 e. The van der Waals surface area contributed by atoms with Crippen molar-refractivity contribution in [3.8, 4) is 0 Å². The Balaban J connectivity index is 1.70. The SMILES string of the molecule is C[C@@H]1CN2c3ccc([N+](=O)[O-])cc3C[C@]3(C(=O)NC(=O)N(c4ccc(Cl)cc4)C3=O)[C@H]2[C@H](C)O1. The van der Waals surface area contributed by atoms with Gasteiger partial charge < -0.3 is 9.64 Å². The van der Waals surface area contributed by atoms with Gasteiger partial charge in [-0.1, -0.05) is 11.6 Å². The van der Waals surface area contributed by atoms with Crippen molar-refractivity contribution >= 4 is 46.5 Å². The summed E-state index contributed by atoms with van der Waals surface area (Å²) in [5, 5.41) is 14.2. The highest BCUT2D eigenvalue weighted by atomic mass is 35.5. The van der Waals surface area contributed by atoms with Crippen molar-refractivity contribution in [3.05, 3.63) is 63.2 Å². The molecule has 0 unspecified atom stereocenters. The molecule has 4 atom stereocenters. The van der Waals surface area contributed by atoms with E-state index in [4.69, 9.17) is 16.3 Å². The number of nitrogens with zero attached hydrogens (tertiary/aromatic N) is 3. The largest absolute Gasteiger partial charge is 0.372 e. The van der Waals surface area contributed by atoms with Gasteiger partial charge in [0.15, 0.2) is 5.41 Å². The molecule has 0 radical (unpaired) electrons. The predicted octanol–water partition coefficient (Wildman–Crippen LogP) is 3.06. The van der Waals surface area contributed by atoms with Crippen LogP contribution in [0.25, 0.3) is 0 Å². The number of nitrogens with one attached hydrogen (secondary N) is 1. The number of urea groups is 1. The molecule has 176 valence electrons. The van der Waals surface area contributed by atoms with Gasteiger partial charge in [0.2, 0.25) is 5.91 Å². The Morgan fingerprint density at radius 1 is 1.15 bits per heavy atom. The Morgan fingerprint density at radius 2 is 1.85 bits per heavy atom. The van der Waals surface area contributed by atoms with Gasteiger partial charge in [-0.2, -0.15) is 0 Å². The van der Waals surface area contributed by atoms with Gasteiger partial charge in [-0.15, -0.1) is 0 Å². The monoisotopic (exact) mass is 484 g/mol. The number of anilines is 2. The van der Waals surface area contributed by atoms with Crippen LogP contribution < -0.4 is 15.1 Å². The van der Waals surface area contributed by atoms with Crippen LogP contribution in [0.5, 0.6) is 0 Å². The first-order valence-electron chi connectivity index (χ1n) is 10.8. The van der Waals surface area contributed by atoms with E-state index in [9.17, 15) is 24.5 Å². The van der Waals surface area contributed by atoms with E-state index in [0.717, 1.165) is 4.90 Å². The number of nitro groups is 1. The maximum atomic E-state index is 14.1. The van der Waals surface area contributed by atoms with Crippen molar-refractivity contribution in [2.75, 3.05) is 16.3 Å². The lowest BCUT2D eigenvalue weighted by molar-refractivity contribution is -0.384. The molecule has 2 aromatic carbocycles. The van der Waals surface area contributed by atoms with Gasteiger partial charge in [0, 0.05) is 35.8 Å². The zero-order valence-electron chi connectivity index (χ0n) is 18.4. The molecule has 2 aromatic rings. The number of morpholine rings is 1. The lowest BCUT2D eigenvalue weighted by Crippen LogP contribution is -2.76. The molecular formula is C23H21ClN4O6. The van der Waals surface area contributed by atoms with Crippen LogP contribution in [0.4, 0.5) is 21.9 Å². The Kier molecular flexibility index (Phi) is 5.10. The minimum atomic E-state index is -1.74. The molecule has 34 heavy (non-hydrogen) atoms. The molecule has 3 aliphatic rings. The third kappa shape index (κ3) is 3.17. The summed E-state index contributed by atoms with van der Waals surface area (Å²) in [4.78, 5) is 54.2. The number of nitro benzene ring substituents is 1. The Hall–Kier alpha value is -3.50. The summed E-state index contributed by atoms with van der Waals surface area (Å²) >= 11 is 5.97. The molecule has 4 amide bonds. The molecule has 1 spiro atoms. The maximum absolute atomic E-state index is 14.1. The van der Waals surface area contributed by atoms with Crippen LogP contribution >= 0.6 is 11.6 Å². The van der Waals surface area contributed by atoms with Crippen molar-refractivity contribution in [1.29, 1.82) is 0 Å². The van der Waals surface area contributed by atoms with Gasteiger partial charge in [0.25, 0.3) is 11.6 Å². The van der Waals surface area contributed by atoms with Crippen LogP contribution in [0.15, 0.2) is 42.5 Å². The predicted molar refractivity (Wildman–Crippen MR) is 123 cm³/mol. The summed E-state index contributed by atoms with van der Waals surface area (Å²) in [5.41, 5.74) is -0.432. The molecule has 10 nitrogen and oxygen atoms in total. The molecular weight excluding hydrogens is 464 g/mol. The Morgan fingerprint density at radius 3 is 2.53 bits per heavy atom. The molecule has 1 N–H and O–H groups in total. The van der Waals surface area contributed by atoms with Crippen LogP contribution in [0.3, 0.4) is 0 Å². The van der Waals surface area contributed by atoms with Crippen LogP contribution in [0, 0.1) is 15.5 Å². The minimum Gasteiger partial charge on any atom is -0.372 e. The van der Waals surface area contributed by atoms with Gasteiger partial charge >= 0.3 is 6.03 Å². The van der Waals surface area contributed by atoms with Crippen molar-refractivity contribution in [2.45, 2.75) is 38.5 Å². The van der Waals surface area contributed by atoms with E-state index in [1.165, 1.54) is 24.3 Å². The van der Waals surface area contributed by atoms with Gasteiger partial charge in [0.05, 0.1) is 28.9 Å². The van der Waals surface area contributed by atoms with Crippen LogP contribution in [0.2, 0.25) is 5.02 Å². The molecule has 2 fully saturated rings. The number of hydrogen-bond donors (Lipinski definition) is 1. The number of carbonyl (C=O) groups excluding carboxylic acids is 3. The lowest BCUT2D eigenvalue weighted by atomic mass is 9.66. The minimum absolute atomic E-state index is 0.116. The highest BCUT2D eigenvalue weighted by Gasteiger charge is 2.65. The second-order valence-electron chi connectivity index (χ2n) is 8.84. The van der Waals surface area contributed by atoms with E-state index in [1.54, 1.807) is 25.1 Å². The van der Waals surface area contributed by atoms with Crippen molar-refractivity contribution in [2.24, 2.45) is 5.41 Å². The number of hydrogen-bond acceptors (Lipinski definition) is 7. The number of barbiturate groups is 1. The first kappa shape index (κ1) is 22.3. The average Bonchev–Trinajstić information content (AvgIpc) is 2.78.